The molecule has 0 fully saturated rings. The molecule has 0 aliphatic rings. The molecule has 4 heteroatoms. The predicted octanol–water partition coefficient (Wildman–Crippen LogP) is 5.11. The summed E-state index contributed by atoms with van der Waals surface area (Å²) in [4.78, 5) is 12.6. The quantitative estimate of drug-likeness (QED) is 0.535. The lowest BCUT2D eigenvalue weighted by atomic mass is 10.0. The van der Waals surface area contributed by atoms with Crippen molar-refractivity contribution >= 4 is 16.9 Å². The zero-order chi connectivity index (χ0) is 17.1. The Labute approximate surface area is 147 Å². The average Bonchev–Trinajstić information content (AvgIpc) is 3.10. The van der Waals surface area contributed by atoms with Crippen LogP contribution in [0.25, 0.3) is 33.4 Å². The summed E-state index contributed by atoms with van der Waals surface area (Å²) < 4.78 is 0. The molecule has 4 rings (SSSR count). The van der Waals surface area contributed by atoms with Crippen molar-refractivity contribution < 1.29 is 0 Å². The van der Waals surface area contributed by atoms with Crippen molar-refractivity contribution in [3.63, 3.8) is 0 Å². The molecular weight excluding hydrogens is 308 g/mol. The Hall–Kier alpha value is -3.14. The predicted molar refractivity (Wildman–Crippen MR) is 104 cm³/mol. The van der Waals surface area contributed by atoms with Crippen LogP contribution in [0.2, 0.25) is 0 Å². The van der Waals surface area contributed by atoms with E-state index in [1.54, 1.807) is 0 Å². The highest BCUT2D eigenvalue weighted by Crippen LogP contribution is 2.30. The van der Waals surface area contributed by atoms with Crippen molar-refractivity contribution in [3.05, 3.63) is 67.0 Å². The van der Waals surface area contributed by atoms with Crippen LogP contribution in [0, 0.1) is 0 Å². The van der Waals surface area contributed by atoms with E-state index in [0.29, 0.717) is 0 Å². The fourth-order valence-electron chi connectivity index (χ4n) is 2.94. The van der Waals surface area contributed by atoms with Gasteiger partial charge in [-0.2, -0.15) is 0 Å². The molecule has 0 saturated carbocycles. The topological polar surface area (TPSA) is 53.6 Å². The van der Waals surface area contributed by atoms with Gasteiger partial charge in [0.1, 0.15) is 11.5 Å². The maximum atomic E-state index is 4.75. The Morgan fingerprint density at radius 3 is 2.72 bits per heavy atom. The molecule has 124 valence electrons. The van der Waals surface area contributed by atoms with E-state index in [0.717, 1.165) is 52.2 Å². The van der Waals surface area contributed by atoms with E-state index < -0.39 is 0 Å². The Bertz CT molecular complexity index is 989. The molecule has 3 heterocycles. The number of aromatic amines is 1. The number of pyridine rings is 2. The molecule has 0 radical (unpaired) electrons. The Balaban J connectivity index is 1.78. The molecular formula is C21H20N4. The van der Waals surface area contributed by atoms with Crippen LogP contribution in [0.15, 0.2) is 67.0 Å². The van der Waals surface area contributed by atoms with E-state index in [1.165, 1.54) is 0 Å². The van der Waals surface area contributed by atoms with Crippen LogP contribution < -0.4 is 5.32 Å². The fourth-order valence-corrected chi connectivity index (χ4v) is 2.94. The smallest absolute Gasteiger partial charge is 0.137 e. The number of hydrogen-bond donors (Lipinski definition) is 2. The molecule has 4 nitrogen and oxygen atoms in total. The summed E-state index contributed by atoms with van der Waals surface area (Å²) >= 11 is 0. The van der Waals surface area contributed by atoms with Crippen molar-refractivity contribution in [1.29, 1.82) is 0 Å². The summed E-state index contributed by atoms with van der Waals surface area (Å²) in [6, 6.07) is 18.6. The number of benzene rings is 1. The van der Waals surface area contributed by atoms with Crippen LogP contribution in [0.3, 0.4) is 0 Å². The summed E-state index contributed by atoms with van der Waals surface area (Å²) in [5.41, 5.74) is 5.16. The number of fused-ring (bicyclic) bond motifs is 1. The summed E-state index contributed by atoms with van der Waals surface area (Å²) in [5, 5.41) is 4.43. The Morgan fingerprint density at radius 2 is 1.88 bits per heavy atom. The monoisotopic (exact) mass is 328 g/mol. The third kappa shape index (κ3) is 3.11. The largest absolute Gasteiger partial charge is 0.370 e. The number of rotatable bonds is 5. The van der Waals surface area contributed by atoms with E-state index in [-0.39, 0.29) is 0 Å². The van der Waals surface area contributed by atoms with Crippen LogP contribution in [-0.2, 0) is 0 Å². The molecule has 2 N–H and O–H groups in total. The molecule has 25 heavy (non-hydrogen) atoms. The fraction of sp³-hybridized carbons (Fsp3) is 0.143. The Morgan fingerprint density at radius 1 is 1.00 bits per heavy atom. The van der Waals surface area contributed by atoms with Crippen molar-refractivity contribution in [2.24, 2.45) is 0 Å². The minimum absolute atomic E-state index is 0.878. The van der Waals surface area contributed by atoms with Gasteiger partial charge in [0, 0.05) is 35.5 Å². The zero-order valence-corrected chi connectivity index (χ0v) is 14.2. The number of anilines is 1. The third-order valence-corrected chi connectivity index (χ3v) is 4.22. The van der Waals surface area contributed by atoms with Gasteiger partial charge in [-0.25, -0.2) is 9.97 Å². The molecule has 0 aliphatic heterocycles. The first-order chi connectivity index (χ1) is 12.3. The maximum absolute atomic E-state index is 4.75. The van der Waals surface area contributed by atoms with Gasteiger partial charge in [-0.15, -0.1) is 0 Å². The van der Waals surface area contributed by atoms with Crippen molar-refractivity contribution in [2.45, 2.75) is 13.3 Å². The van der Waals surface area contributed by atoms with Gasteiger partial charge >= 0.3 is 0 Å². The first-order valence-corrected chi connectivity index (χ1v) is 8.59. The number of H-pyrrole nitrogens is 1. The molecule has 0 spiro atoms. The molecule has 0 bridgehead atoms. The van der Waals surface area contributed by atoms with Crippen LogP contribution in [-0.4, -0.2) is 21.5 Å². The van der Waals surface area contributed by atoms with Gasteiger partial charge < -0.3 is 10.3 Å². The lowest BCUT2D eigenvalue weighted by Gasteiger charge is -2.06. The lowest BCUT2D eigenvalue weighted by Crippen LogP contribution is -2.01. The average molecular weight is 328 g/mol. The third-order valence-electron chi connectivity index (χ3n) is 4.22. The second-order valence-electron chi connectivity index (χ2n) is 6.02. The SMILES string of the molecule is CCCNc1cccc(-c2c[nH]c3ncc(-c4ccccc4)cc23)n1. The summed E-state index contributed by atoms with van der Waals surface area (Å²) in [6.07, 6.45) is 4.96. The van der Waals surface area contributed by atoms with Gasteiger partial charge in [0.2, 0.25) is 0 Å². The number of hydrogen-bond acceptors (Lipinski definition) is 3. The first kappa shape index (κ1) is 15.4. The van der Waals surface area contributed by atoms with Gasteiger partial charge in [0.15, 0.2) is 0 Å². The zero-order valence-electron chi connectivity index (χ0n) is 14.2. The van der Waals surface area contributed by atoms with Crippen LogP contribution in [0.4, 0.5) is 5.82 Å². The second-order valence-corrected chi connectivity index (χ2v) is 6.02. The summed E-state index contributed by atoms with van der Waals surface area (Å²) in [7, 11) is 0. The van der Waals surface area contributed by atoms with Crippen LogP contribution >= 0.6 is 0 Å². The molecule has 3 aromatic heterocycles. The lowest BCUT2D eigenvalue weighted by molar-refractivity contribution is 0.970. The highest BCUT2D eigenvalue weighted by atomic mass is 15.0. The van der Waals surface area contributed by atoms with E-state index in [9.17, 15) is 0 Å². The van der Waals surface area contributed by atoms with Crippen molar-refractivity contribution in [3.8, 4) is 22.4 Å². The molecule has 0 aliphatic carbocycles. The normalized spacial score (nSPS) is 10.9. The van der Waals surface area contributed by atoms with Gasteiger partial charge in [0.25, 0.3) is 0 Å². The number of nitrogens with one attached hydrogen (secondary N) is 2. The molecule has 0 amide bonds. The minimum Gasteiger partial charge on any atom is -0.370 e. The molecule has 0 saturated heterocycles. The van der Waals surface area contributed by atoms with E-state index in [1.807, 2.05) is 48.8 Å². The van der Waals surface area contributed by atoms with Gasteiger partial charge in [-0.1, -0.05) is 43.3 Å². The first-order valence-electron chi connectivity index (χ1n) is 8.59. The summed E-state index contributed by atoms with van der Waals surface area (Å²) in [5.74, 6) is 0.904. The maximum Gasteiger partial charge on any atom is 0.137 e. The van der Waals surface area contributed by atoms with Gasteiger partial charge in [-0.3, -0.25) is 0 Å². The standard InChI is InChI=1S/C21H20N4/c1-2-11-22-20-10-6-9-19(25-20)18-14-24-21-17(18)12-16(13-23-21)15-7-4-3-5-8-15/h3-10,12-14H,2,11H2,1H3,(H,22,25)(H,23,24). The van der Waals surface area contributed by atoms with Crippen LogP contribution in [0.1, 0.15) is 13.3 Å². The van der Waals surface area contributed by atoms with Gasteiger partial charge in [-0.05, 0) is 30.2 Å². The van der Waals surface area contributed by atoms with Gasteiger partial charge in [0.05, 0.1) is 5.69 Å². The minimum atomic E-state index is 0.878. The highest BCUT2D eigenvalue weighted by Gasteiger charge is 2.10. The number of nitrogens with zero attached hydrogens (tertiary/aromatic N) is 2. The van der Waals surface area contributed by atoms with E-state index >= 15 is 0 Å². The summed E-state index contributed by atoms with van der Waals surface area (Å²) in [6.45, 7) is 3.07. The van der Waals surface area contributed by atoms with E-state index in [2.05, 4.69) is 40.4 Å². The highest BCUT2D eigenvalue weighted by molar-refractivity contribution is 5.95. The second kappa shape index (κ2) is 6.77. The van der Waals surface area contributed by atoms with Crippen LogP contribution in [0.5, 0.6) is 0 Å². The molecule has 4 aromatic rings. The molecule has 0 atom stereocenters. The number of aromatic nitrogens is 3. The molecule has 1 aromatic carbocycles. The molecule has 0 unspecified atom stereocenters. The van der Waals surface area contributed by atoms with Crippen molar-refractivity contribution in [2.75, 3.05) is 11.9 Å². The Kier molecular flexibility index (Phi) is 4.17. The van der Waals surface area contributed by atoms with Crippen molar-refractivity contribution in [1.82, 2.24) is 15.0 Å². The van der Waals surface area contributed by atoms with E-state index in [4.69, 9.17) is 4.98 Å².